The third-order valence-electron chi connectivity index (χ3n) is 3.20. The van der Waals surface area contributed by atoms with E-state index in [9.17, 15) is 14.4 Å². The highest BCUT2D eigenvalue weighted by Gasteiger charge is 2.12. The molecule has 3 rings (SSSR count). The molecule has 0 spiro atoms. The summed E-state index contributed by atoms with van der Waals surface area (Å²) in [5, 5.41) is 10.2. The Morgan fingerprint density at radius 1 is 1.30 bits per heavy atom. The maximum absolute atomic E-state index is 12.3. The minimum Gasteiger partial charge on any atom is -0.424 e. The Morgan fingerprint density at radius 2 is 2.09 bits per heavy atom. The van der Waals surface area contributed by atoms with E-state index in [0.29, 0.717) is 16.8 Å². The summed E-state index contributed by atoms with van der Waals surface area (Å²) >= 11 is 0. The maximum Gasteiger partial charge on any atom is 0.329 e. The summed E-state index contributed by atoms with van der Waals surface area (Å²) in [5.41, 5.74) is -0.730. The average Bonchev–Trinajstić information content (AvgIpc) is 2.95. The van der Waals surface area contributed by atoms with Crippen molar-refractivity contribution in [3.63, 3.8) is 0 Å². The molecule has 9 nitrogen and oxygen atoms in total. The molecule has 0 radical (unpaired) electrons. The number of H-pyrrole nitrogens is 1. The van der Waals surface area contributed by atoms with Crippen molar-refractivity contribution in [2.24, 2.45) is 0 Å². The van der Waals surface area contributed by atoms with Crippen molar-refractivity contribution in [1.82, 2.24) is 25.1 Å². The minimum absolute atomic E-state index is 0.0277. The summed E-state index contributed by atoms with van der Waals surface area (Å²) in [6.07, 6.45) is 0. The van der Waals surface area contributed by atoms with Gasteiger partial charge in [-0.25, -0.2) is 4.79 Å². The first kappa shape index (κ1) is 14.7. The predicted molar refractivity (Wildman–Crippen MR) is 79.7 cm³/mol. The topological polar surface area (TPSA) is 123 Å². The molecule has 0 saturated carbocycles. The molecule has 23 heavy (non-hydrogen) atoms. The van der Waals surface area contributed by atoms with Crippen LogP contribution in [0.1, 0.15) is 11.8 Å². The number of hydrogen-bond donors (Lipinski definition) is 2. The van der Waals surface area contributed by atoms with Crippen molar-refractivity contribution in [1.29, 1.82) is 0 Å². The quantitative estimate of drug-likeness (QED) is 0.681. The van der Waals surface area contributed by atoms with Gasteiger partial charge in [-0.3, -0.25) is 14.2 Å². The number of aromatic amines is 1. The third kappa shape index (κ3) is 3.03. The summed E-state index contributed by atoms with van der Waals surface area (Å²) in [6.45, 7) is 1.26. The van der Waals surface area contributed by atoms with Crippen LogP contribution < -0.4 is 16.6 Å². The van der Waals surface area contributed by atoms with E-state index in [1.54, 1.807) is 31.2 Å². The van der Waals surface area contributed by atoms with Crippen LogP contribution in [-0.2, 0) is 17.9 Å². The Kier molecular flexibility index (Phi) is 3.75. The summed E-state index contributed by atoms with van der Waals surface area (Å²) in [4.78, 5) is 38.7. The van der Waals surface area contributed by atoms with Gasteiger partial charge in [0, 0.05) is 6.92 Å². The van der Waals surface area contributed by atoms with Gasteiger partial charge in [0.25, 0.3) is 5.56 Å². The molecule has 0 unspecified atom stereocenters. The van der Waals surface area contributed by atoms with Gasteiger partial charge in [-0.15, -0.1) is 10.2 Å². The molecule has 0 saturated heterocycles. The summed E-state index contributed by atoms with van der Waals surface area (Å²) < 4.78 is 5.96. The Morgan fingerprint density at radius 3 is 2.83 bits per heavy atom. The molecule has 2 heterocycles. The van der Waals surface area contributed by atoms with Crippen molar-refractivity contribution in [2.45, 2.75) is 20.0 Å². The molecule has 0 aliphatic rings. The molecule has 2 N–H and O–H groups in total. The van der Waals surface area contributed by atoms with E-state index in [4.69, 9.17) is 4.42 Å². The monoisotopic (exact) mass is 315 g/mol. The Labute approximate surface area is 129 Å². The number of benzene rings is 1. The van der Waals surface area contributed by atoms with Gasteiger partial charge in [0.2, 0.25) is 17.7 Å². The first-order chi connectivity index (χ1) is 11.0. The normalized spacial score (nSPS) is 10.8. The van der Waals surface area contributed by atoms with Crippen LogP contribution in [0.25, 0.3) is 10.9 Å². The highest BCUT2D eigenvalue weighted by atomic mass is 16.4. The lowest BCUT2D eigenvalue weighted by atomic mass is 10.2. The second kappa shape index (κ2) is 5.87. The average molecular weight is 315 g/mol. The molecule has 0 bridgehead atoms. The number of carbonyl (C=O) groups is 1. The fourth-order valence-corrected chi connectivity index (χ4v) is 2.13. The standard InChI is InChI=1S/C14H13N5O4/c1-8-17-18-12(23-8)6-15-11(20)7-19-13(21)9-4-2-3-5-10(9)16-14(19)22/h2-5H,6-7H2,1H3,(H,15,20)(H,16,22). The fourth-order valence-electron chi connectivity index (χ4n) is 2.13. The number of carbonyl (C=O) groups excluding carboxylic acids is 1. The first-order valence-corrected chi connectivity index (χ1v) is 6.82. The van der Waals surface area contributed by atoms with Gasteiger partial charge in [-0.05, 0) is 12.1 Å². The van der Waals surface area contributed by atoms with Crippen LogP contribution in [0.2, 0.25) is 0 Å². The van der Waals surface area contributed by atoms with Crippen molar-refractivity contribution in [3.05, 3.63) is 56.9 Å². The smallest absolute Gasteiger partial charge is 0.329 e. The van der Waals surface area contributed by atoms with E-state index in [2.05, 4.69) is 20.5 Å². The summed E-state index contributed by atoms with van der Waals surface area (Å²) in [5.74, 6) is 0.121. The second-order valence-corrected chi connectivity index (χ2v) is 4.86. The zero-order valence-corrected chi connectivity index (χ0v) is 12.2. The Bertz CT molecular complexity index is 984. The number of para-hydroxylation sites is 1. The number of nitrogens with zero attached hydrogens (tertiary/aromatic N) is 3. The number of hydrogen-bond acceptors (Lipinski definition) is 6. The zero-order valence-electron chi connectivity index (χ0n) is 12.2. The van der Waals surface area contributed by atoms with E-state index in [1.807, 2.05) is 0 Å². The van der Waals surface area contributed by atoms with E-state index < -0.39 is 23.7 Å². The molecular weight excluding hydrogens is 302 g/mol. The van der Waals surface area contributed by atoms with Gasteiger partial charge in [-0.1, -0.05) is 12.1 Å². The van der Waals surface area contributed by atoms with Crippen LogP contribution in [0, 0.1) is 6.92 Å². The fraction of sp³-hybridized carbons (Fsp3) is 0.214. The number of aromatic nitrogens is 4. The number of fused-ring (bicyclic) bond motifs is 1. The highest BCUT2D eigenvalue weighted by molar-refractivity contribution is 5.78. The molecule has 0 aliphatic carbocycles. The lowest BCUT2D eigenvalue weighted by Gasteiger charge is -2.06. The molecule has 3 aromatic rings. The lowest BCUT2D eigenvalue weighted by Crippen LogP contribution is -2.40. The zero-order chi connectivity index (χ0) is 16.4. The van der Waals surface area contributed by atoms with E-state index >= 15 is 0 Å². The van der Waals surface area contributed by atoms with Gasteiger partial charge in [0.05, 0.1) is 17.4 Å². The van der Waals surface area contributed by atoms with Crippen LogP contribution in [0.5, 0.6) is 0 Å². The van der Waals surface area contributed by atoms with Crippen molar-refractivity contribution >= 4 is 16.8 Å². The Hall–Kier alpha value is -3.23. The molecule has 118 valence electrons. The van der Waals surface area contributed by atoms with Crippen molar-refractivity contribution in [3.8, 4) is 0 Å². The van der Waals surface area contributed by atoms with Gasteiger partial charge in [0.1, 0.15) is 6.54 Å². The highest BCUT2D eigenvalue weighted by Crippen LogP contribution is 2.02. The van der Waals surface area contributed by atoms with Crippen LogP contribution in [0.3, 0.4) is 0 Å². The largest absolute Gasteiger partial charge is 0.424 e. The van der Waals surface area contributed by atoms with Crippen LogP contribution in [0.15, 0.2) is 38.3 Å². The van der Waals surface area contributed by atoms with Gasteiger partial charge >= 0.3 is 5.69 Å². The lowest BCUT2D eigenvalue weighted by molar-refractivity contribution is -0.122. The molecule has 0 aliphatic heterocycles. The van der Waals surface area contributed by atoms with Crippen LogP contribution in [0.4, 0.5) is 0 Å². The molecule has 0 atom stereocenters. The number of nitrogens with one attached hydrogen (secondary N) is 2. The number of aryl methyl sites for hydroxylation is 1. The number of rotatable bonds is 4. The van der Waals surface area contributed by atoms with Crippen LogP contribution in [-0.4, -0.2) is 25.7 Å². The van der Waals surface area contributed by atoms with E-state index in [-0.39, 0.29) is 12.4 Å². The van der Waals surface area contributed by atoms with Gasteiger partial charge < -0.3 is 14.7 Å². The van der Waals surface area contributed by atoms with Gasteiger partial charge in [0.15, 0.2) is 0 Å². The maximum atomic E-state index is 12.3. The number of amides is 1. The van der Waals surface area contributed by atoms with Crippen LogP contribution >= 0.6 is 0 Å². The Balaban J connectivity index is 1.79. The summed E-state index contributed by atoms with van der Waals surface area (Å²) in [7, 11) is 0. The first-order valence-electron chi connectivity index (χ1n) is 6.82. The van der Waals surface area contributed by atoms with Gasteiger partial charge in [-0.2, -0.15) is 0 Å². The molecule has 1 aromatic carbocycles. The minimum atomic E-state index is -0.641. The molecule has 9 heteroatoms. The van der Waals surface area contributed by atoms with Crippen molar-refractivity contribution < 1.29 is 9.21 Å². The molecule has 0 fully saturated rings. The summed E-state index contributed by atoms with van der Waals surface area (Å²) in [6, 6.07) is 6.61. The SMILES string of the molecule is Cc1nnc(CNC(=O)Cn2c(=O)[nH]c3ccccc3c2=O)o1. The van der Waals surface area contributed by atoms with E-state index in [0.717, 1.165) is 4.57 Å². The molecule has 1 amide bonds. The second-order valence-electron chi connectivity index (χ2n) is 4.86. The third-order valence-corrected chi connectivity index (χ3v) is 3.20. The van der Waals surface area contributed by atoms with E-state index in [1.165, 1.54) is 0 Å². The molecular formula is C14H13N5O4. The predicted octanol–water partition coefficient (Wildman–Crippen LogP) is -0.302. The van der Waals surface area contributed by atoms with Crippen molar-refractivity contribution in [2.75, 3.05) is 0 Å². The molecule has 2 aromatic heterocycles.